The molecule has 3 saturated heterocycles. The number of halogens is 3. The number of rotatable bonds is 16. The van der Waals surface area contributed by atoms with E-state index in [0.717, 1.165) is 37.0 Å². The molecule has 7 rings (SSSR count). The average molecular weight is 767 g/mol. The maximum atomic E-state index is 14.1. The normalized spacial score (nSPS) is 18.0. The maximum Gasteiger partial charge on any atom is 0.263 e. The number of piperidine rings is 3. The number of hydrogen-bond donors (Lipinski definition) is 0. The van der Waals surface area contributed by atoms with Gasteiger partial charge in [-0.2, -0.15) is 0 Å². The van der Waals surface area contributed by atoms with Crippen molar-refractivity contribution in [1.82, 2.24) is 4.57 Å². The Morgan fingerprint density at radius 2 is 1.51 bits per heavy atom. The van der Waals surface area contributed by atoms with Gasteiger partial charge in [0.2, 0.25) is 5.43 Å². The smallest absolute Gasteiger partial charge is 0.263 e. The fraction of sp³-hybridized carbons (Fsp3) is 0.463. The van der Waals surface area contributed by atoms with E-state index in [1.165, 1.54) is 86.7 Å². The van der Waals surface area contributed by atoms with Gasteiger partial charge >= 0.3 is 0 Å². The summed E-state index contributed by atoms with van der Waals surface area (Å²) in [4.78, 5) is 29.0. The highest BCUT2D eigenvalue weighted by molar-refractivity contribution is 6.07. The summed E-state index contributed by atoms with van der Waals surface area (Å²) in [7, 11) is 0. The molecule has 4 heterocycles. The number of ether oxygens (including phenoxy) is 2. The Balaban J connectivity index is 0.00000504. The maximum absolute atomic E-state index is 14.1. The van der Waals surface area contributed by atoms with Crippen LogP contribution in [0.5, 0.6) is 11.5 Å². The molecule has 3 aliphatic rings. The second-order valence-corrected chi connectivity index (χ2v) is 14.0. The Bertz CT molecular complexity index is 1820. The van der Waals surface area contributed by atoms with E-state index in [0.29, 0.717) is 41.3 Å². The summed E-state index contributed by atoms with van der Waals surface area (Å²) in [6.07, 6.45) is 13.0. The quantitative estimate of drug-likeness (QED) is 0.109. The van der Waals surface area contributed by atoms with Crippen LogP contribution in [0.25, 0.3) is 16.6 Å². The van der Waals surface area contributed by atoms with Crippen LogP contribution >= 0.6 is 0 Å². The van der Waals surface area contributed by atoms with Gasteiger partial charge < -0.3 is 40.4 Å². The van der Waals surface area contributed by atoms with Gasteiger partial charge in [-0.3, -0.25) is 9.59 Å². The highest BCUT2D eigenvalue weighted by Gasteiger charge is 2.38. The number of pyridine rings is 1. The molecule has 1 amide bonds. The number of benzene rings is 3. The van der Waals surface area contributed by atoms with E-state index >= 15 is 0 Å². The van der Waals surface area contributed by atoms with Crippen LogP contribution in [0.1, 0.15) is 82.0 Å². The van der Waals surface area contributed by atoms with Gasteiger partial charge in [0.25, 0.3) is 5.91 Å². The molecule has 0 unspecified atom stereocenters. The first-order chi connectivity index (χ1) is 24.3. The molecule has 4 aromatic rings. The van der Waals surface area contributed by atoms with Gasteiger partial charge in [-0.05, 0) is 94.7 Å². The standard InChI is InChI=1S/C41H50F2N3O4.BrH/c1-3-44(34-25-31(42)24-32(43)26-34)41(48)38-29-45(33-12-11-13-35(27-33)49-4-2)39-28-36(14-15-37(39)40(38)47)50-23-10-8-6-5-7-9-19-46-20-16-30(17-21-46)18-22-46;/h11-15,24-30H,3-10,16-23H2,1-2H3;1H/q+1;/p-1. The van der Waals surface area contributed by atoms with Gasteiger partial charge in [0.1, 0.15) is 28.7 Å². The number of hydrogen-bond acceptors (Lipinski definition) is 4. The van der Waals surface area contributed by atoms with E-state index in [4.69, 9.17) is 9.47 Å². The third-order valence-corrected chi connectivity index (χ3v) is 10.7. The van der Waals surface area contributed by atoms with E-state index in [2.05, 4.69) is 0 Å². The van der Waals surface area contributed by atoms with Crippen molar-refractivity contribution in [1.29, 1.82) is 0 Å². The highest BCUT2D eigenvalue weighted by atomic mass is 79.9. The second kappa shape index (κ2) is 17.6. The lowest BCUT2D eigenvalue weighted by molar-refractivity contribution is -0.942. The van der Waals surface area contributed by atoms with Crippen molar-refractivity contribution >= 4 is 22.5 Å². The number of amides is 1. The van der Waals surface area contributed by atoms with E-state index in [9.17, 15) is 18.4 Å². The van der Waals surface area contributed by atoms with Gasteiger partial charge in [0, 0.05) is 47.7 Å². The van der Waals surface area contributed by atoms with Gasteiger partial charge in [-0.15, -0.1) is 0 Å². The van der Waals surface area contributed by atoms with Crippen molar-refractivity contribution in [3.63, 3.8) is 0 Å². The SMILES string of the molecule is CCOc1cccc(-n2cc(C(=O)N(CC)c3cc(F)cc(F)c3)c(=O)c3ccc(OCCCCCCCC[N+]45CCC(CC4)CC5)cc32)c1.[Br-]. The third-order valence-electron chi connectivity index (χ3n) is 10.7. The highest BCUT2D eigenvalue weighted by Crippen LogP contribution is 2.34. The van der Waals surface area contributed by atoms with E-state index in [-0.39, 0.29) is 34.8 Å². The molecule has 274 valence electrons. The van der Waals surface area contributed by atoms with Crippen molar-refractivity contribution in [3.8, 4) is 17.2 Å². The molecular weight excluding hydrogens is 716 g/mol. The Kier molecular flexibility index (Phi) is 13.3. The van der Waals surface area contributed by atoms with Gasteiger partial charge in [-0.1, -0.05) is 25.3 Å². The number of anilines is 1. The number of quaternary nitrogens is 1. The molecule has 2 bridgehead atoms. The zero-order chi connectivity index (χ0) is 35.1. The Labute approximate surface area is 310 Å². The molecule has 3 fully saturated rings. The van der Waals surface area contributed by atoms with Crippen LogP contribution in [0.3, 0.4) is 0 Å². The van der Waals surface area contributed by atoms with Crippen LogP contribution in [0, 0.1) is 17.6 Å². The van der Waals surface area contributed by atoms with Crippen LogP contribution in [-0.4, -0.2) is 60.9 Å². The van der Waals surface area contributed by atoms with Crippen molar-refractivity contribution in [2.75, 3.05) is 50.8 Å². The lowest BCUT2D eigenvalue weighted by Gasteiger charge is -2.49. The summed E-state index contributed by atoms with van der Waals surface area (Å²) in [6.45, 7) is 10.3. The number of carbonyl (C=O) groups is 1. The van der Waals surface area contributed by atoms with Crippen molar-refractivity contribution in [2.45, 2.75) is 71.6 Å². The molecular formula is C41H50BrF2N3O4. The third kappa shape index (κ3) is 9.19. The topological polar surface area (TPSA) is 60.8 Å². The first kappa shape index (κ1) is 38.5. The number of carbonyl (C=O) groups excluding carboxylic acids is 1. The molecule has 0 radical (unpaired) electrons. The Morgan fingerprint density at radius 1 is 0.843 bits per heavy atom. The Morgan fingerprint density at radius 3 is 2.20 bits per heavy atom. The minimum Gasteiger partial charge on any atom is -1.00 e. The van der Waals surface area contributed by atoms with E-state index < -0.39 is 23.0 Å². The van der Waals surface area contributed by atoms with Crippen LogP contribution in [0.15, 0.2) is 71.7 Å². The summed E-state index contributed by atoms with van der Waals surface area (Å²) >= 11 is 0. The van der Waals surface area contributed by atoms with Gasteiger partial charge in [0.05, 0.1) is 44.9 Å². The number of aromatic nitrogens is 1. The molecule has 0 N–H and O–H groups in total. The molecule has 3 aliphatic heterocycles. The fourth-order valence-corrected chi connectivity index (χ4v) is 7.85. The molecule has 0 spiro atoms. The monoisotopic (exact) mass is 765 g/mol. The summed E-state index contributed by atoms with van der Waals surface area (Å²) in [5, 5.41) is 0.325. The van der Waals surface area contributed by atoms with Crippen LogP contribution in [-0.2, 0) is 0 Å². The molecule has 10 heteroatoms. The average Bonchev–Trinajstić information content (AvgIpc) is 3.12. The molecule has 1 aromatic heterocycles. The van der Waals surface area contributed by atoms with Crippen molar-refractivity contribution in [3.05, 3.63) is 94.3 Å². The minimum atomic E-state index is -0.807. The number of unbranched alkanes of at least 4 members (excludes halogenated alkanes) is 5. The number of nitrogens with zero attached hydrogens (tertiary/aromatic N) is 3. The van der Waals surface area contributed by atoms with Gasteiger partial charge in [-0.25, -0.2) is 8.78 Å². The molecule has 7 nitrogen and oxygen atoms in total. The predicted molar refractivity (Wildman–Crippen MR) is 195 cm³/mol. The van der Waals surface area contributed by atoms with E-state index in [1.54, 1.807) is 23.6 Å². The largest absolute Gasteiger partial charge is 1.00 e. The first-order valence-electron chi connectivity index (χ1n) is 18.5. The van der Waals surface area contributed by atoms with Crippen LogP contribution < -0.4 is 36.8 Å². The van der Waals surface area contributed by atoms with E-state index in [1.807, 2.05) is 37.3 Å². The molecule has 3 aromatic carbocycles. The lowest BCUT2D eigenvalue weighted by atomic mass is 9.85. The molecule has 0 saturated carbocycles. The van der Waals surface area contributed by atoms with Crippen LogP contribution in [0.2, 0.25) is 0 Å². The summed E-state index contributed by atoms with van der Waals surface area (Å²) in [5.41, 5.74) is 0.694. The summed E-state index contributed by atoms with van der Waals surface area (Å²) in [6, 6.07) is 15.6. The summed E-state index contributed by atoms with van der Waals surface area (Å²) < 4.78 is 43.3. The summed E-state index contributed by atoms with van der Waals surface area (Å²) in [5.74, 6) is 0.0198. The van der Waals surface area contributed by atoms with Crippen molar-refractivity contribution < 1.29 is 44.5 Å². The molecule has 0 atom stereocenters. The predicted octanol–water partition coefficient (Wildman–Crippen LogP) is 5.69. The fourth-order valence-electron chi connectivity index (χ4n) is 7.85. The second-order valence-electron chi connectivity index (χ2n) is 14.0. The lowest BCUT2D eigenvalue weighted by Crippen LogP contribution is -3.00. The van der Waals surface area contributed by atoms with Crippen molar-refractivity contribution in [2.24, 2.45) is 5.92 Å². The first-order valence-corrected chi connectivity index (χ1v) is 18.5. The zero-order valence-electron chi connectivity index (χ0n) is 29.9. The minimum absolute atomic E-state index is 0. The zero-order valence-corrected chi connectivity index (χ0v) is 31.4. The molecule has 51 heavy (non-hydrogen) atoms. The number of fused-ring (bicyclic) bond motifs is 4. The Hall–Kier alpha value is -3.76. The molecule has 0 aliphatic carbocycles. The van der Waals surface area contributed by atoms with Gasteiger partial charge in [0.15, 0.2) is 0 Å². The van der Waals surface area contributed by atoms with Crippen LogP contribution in [0.4, 0.5) is 14.5 Å².